The van der Waals surface area contributed by atoms with Crippen LogP contribution in [-0.2, 0) is 0 Å². The van der Waals surface area contributed by atoms with Crippen molar-refractivity contribution < 1.29 is 13.6 Å². The van der Waals surface area contributed by atoms with Gasteiger partial charge in [-0.25, -0.2) is 18.7 Å². The molecule has 0 radical (unpaired) electrons. The van der Waals surface area contributed by atoms with Crippen molar-refractivity contribution in [2.24, 2.45) is 0 Å². The second-order valence-electron chi connectivity index (χ2n) is 3.88. The van der Waals surface area contributed by atoms with E-state index >= 15 is 0 Å². The van der Waals surface area contributed by atoms with Crippen molar-refractivity contribution in [2.75, 3.05) is 5.75 Å². The number of benzene rings is 1. The van der Waals surface area contributed by atoms with E-state index in [1.54, 1.807) is 12.4 Å². The molecule has 0 aliphatic heterocycles. The van der Waals surface area contributed by atoms with Crippen LogP contribution in [0, 0.1) is 18.6 Å². The first-order valence-corrected chi connectivity index (χ1v) is 6.44. The Labute approximate surface area is 113 Å². The molecule has 2 rings (SSSR count). The van der Waals surface area contributed by atoms with Crippen LogP contribution in [0.1, 0.15) is 15.9 Å². The van der Waals surface area contributed by atoms with Gasteiger partial charge in [-0.3, -0.25) is 4.79 Å². The number of hydrogen-bond acceptors (Lipinski definition) is 4. The molecule has 0 unspecified atom stereocenters. The van der Waals surface area contributed by atoms with Crippen LogP contribution in [0.3, 0.4) is 0 Å². The number of rotatable bonds is 4. The van der Waals surface area contributed by atoms with E-state index in [4.69, 9.17) is 0 Å². The molecular formula is C13H10F2N2OS. The van der Waals surface area contributed by atoms with Gasteiger partial charge in [-0.15, -0.1) is 0 Å². The van der Waals surface area contributed by atoms with Crippen LogP contribution in [0.25, 0.3) is 0 Å². The molecule has 0 aliphatic carbocycles. The number of Topliss-reactive ketones (excluding diaryl/α,β-unsaturated/α-hetero) is 1. The standard InChI is InChI=1S/C13H10F2N2OS/c1-8-5-16-13(17-6-8)19-7-12(18)10-3-2-9(14)4-11(10)15/h2-6H,7H2,1H3. The minimum absolute atomic E-state index is 0.00557. The van der Waals surface area contributed by atoms with Gasteiger partial charge in [-0.2, -0.15) is 0 Å². The minimum Gasteiger partial charge on any atom is -0.293 e. The summed E-state index contributed by atoms with van der Waals surface area (Å²) >= 11 is 1.11. The highest BCUT2D eigenvalue weighted by Gasteiger charge is 2.13. The Bertz CT molecular complexity index is 602. The summed E-state index contributed by atoms with van der Waals surface area (Å²) in [5, 5.41) is 0.446. The smallest absolute Gasteiger partial charge is 0.187 e. The lowest BCUT2D eigenvalue weighted by Crippen LogP contribution is -2.06. The average Bonchev–Trinajstić information content (AvgIpc) is 2.37. The Hall–Kier alpha value is -1.82. The normalized spacial score (nSPS) is 10.5. The Morgan fingerprint density at radius 2 is 1.95 bits per heavy atom. The lowest BCUT2D eigenvalue weighted by Gasteiger charge is -2.02. The lowest BCUT2D eigenvalue weighted by molar-refractivity contribution is 0.101. The maximum atomic E-state index is 13.4. The van der Waals surface area contributed by atoms with Gasteiger partial charge in [0.1, 0.15) is 11.6 Å². The van der Waals surface area contributed by atoms with Gasteiger partial charge >= 0.3 is 0 Å². The van der Waals surface area contributed by atoms with E-state index in [-0.39, 0.29) is 11.3 Å². The van der Waals surface area contributed by atoms with E-state index in [2.05, 4.69) is 9.97 Å². The number of aryl methyl sites for hydroxylation is 1. The highest BCUT2D eigenvalue weighted by atomic mass is 32.2. The molecule has 0 amide bonds. The van der Waals surface area contributed by atoms with E-state index < -0.39 is 17.4 Å². The Balaban J connectivity index is 2.03. The van der Waals surface area contributed by atoms with Gasteiger partial charge in [-0.05, 0) is 24.6 Å². The topological polar surface area (TPSA) is 42.9 Å². The second kappa shape index (κ2) is 5.88. The molecule has 19 heavy (non-hydrogen) atoms. The summed E-state index contributed by atoms with van der Waals surface area (Å²) < 4.78 is 26.1. The van der Waals surface area contributed by atoms with Crippen LogP contribution in [0.5, 0.6) is 0 Å². The molecule has 0 spiro atoms. The fourth-order valence-corrected chi connectivity index (χ4v) is 2.05. The minimum atomic E-state index is -0.851. The summed E-state index contributed by atoms with van der Waals surface area (Å²) in [4.78, 5) is 19.8. The molecule has 1 heterocycles. The summed E-state index contributed by atoms with van der Waals surface area (Å²) in [5.74, 6) is -1.98. The first-order valence-electron chi connectivity index (χ1n) is 5.46. The zero-order valence-electron chi connectivity index (χ0n) is 10.1. The molecule has 0 saturated carbocycles. The van der Waals surface area contributed by atoms with Gasteiger partial charge < -0.3 is 0 Å². The fourth-order valence-electron chi connectivity index (χ4n) is 1.38. The number of nitrogens with zero attached hydrogens (tertiary/aromatic N) is 2. The number of carbonyl (C=O) groups is 1. The van der Waals surface area contributed by atoms with Crippen molar-refractivity contribution in [1.29, 1.82) is 0 Å². The van der Waals surface area contributed by atoms with Crippen molar-refractivity contribution in [1.82, 2.24) is 9.97 Å². The number of thioether (sulfide) groups is 1. The molecule has 3 nitrogen and oxygen atoms in total. The third-order valence-electron chi connectivity index (χ3n) is 2.32. The van der Waals surface area contributed by atoms with Crippen LogP contribution >= 0.6 is 11.8 Å². The van der Waals surface area contributed by atoms with Gasteiger partial charge in [0.25, 0.3) is 0 Å². The van der Waals surface area contributed by atoms with Crippen LogP contribution in [-0.4, -0.2) is 21.5 Å². The molecule has 0 atom stereocenters. The van der Waals surface area contributed by atoms with E-state index in [9.17, 15) is 13.6 Å². The Kier molecular flexibility index (Phi) is 4.21. The van der Waals surface area contributed by atoms with Crippen LogP contribution in [0.15, 0.2) is 35.7 Å². The van der Waals surface area contributed by atoms with Crippen molar-refractivity contribution in [3.8, 4) is 0 Å². The van der Waals surface area contributed by atoms with Crippen LogP contribution < -0.4 is 0 Å². The summed E-state index contributed by atoms with van der Waals surface area (Å²) in [6.07, 6.45) is 3.27. The predicted octanol–water partition coefficient (Wildman–Crippen LogP) is 3.04. The summed E-state index contributed by atoms with van der Waals surface area (Å²) in [6.45, 7) is 1.85. The summed E-state index contributed by atoms with van der Waals surface area (Å²) in [7, 11) is 0. The lowest BCUT2D eigenvalue weighted by atomic mass is 10.1. The maximum absolute atomic E-state index is 13.4. The SMILES string of the molecule is Cc1cnc(SCC(=O)c2ccc(F)cc2F)nc1. The second-order valence-corrected chi connectivity index (χ2v) is 4.82. The quantitative estimate of drug-likeness (QED) is 0.490. The number of halogens is 2. The largest absolute Gasteiger partial charge is 0.293 e. The summed E-state index contributed by atoms with van der Waals surface area (Å²) in [6, 6.07) is 2.90. The molecule has 6 heteroatoms. The van der Waals surface area contributed by atoms with Crippen molar-refractivity contribution >= 4 is 17.5 Å². The molecule has 98 valence electrons. The van der Waals surface area contributed by atoms with E-state index in [1.165, 1.54) is 0 Å². The molecule has 2 aromatic rings. The Morgan fingerprint density at radius 1 is 1.26 bits per heavy atom. The molecule has 1 aromatic heterocycles. The van der Waals surface area contributed by atoms with Crippen LogP contribution in [0.2, 0.25) is 0 Å². The average molecular weight is 280 g/mol. The molecule has 0 N–H and O–H groups in total. The monoisotopic (exact) mass is 280 g/mol. The molecule has 0 saturated heterocycles. The van der Waals surface area contributed by atoms with Gasteiger partial charge in [0.05, 0.1) is 11.3 Å². The number of ketones is 1. The van der Waals surface area contributed by atoms with E-state index in [0.29, 0.717) is 11.2 Å². The Morgan fingerprint density at radius 3 is 2.58 bits per heavy atom. The van der Waals surface area contributed by atoms with Crippen molar-refractivity contribution in [3.63, 3.8) is 0 Å². The van der Waals surface area contributed by atoms with Crippen LogP contribution in [0.4, 0.5) is 8.78 Å². The third-order valence-corrected chi connectivity index (χ3v) is 3.20. The number of carbonyl (C=O) groups excluding carboxylic acids is 1. The molecule has 1 aromatic carbocycles. The number of aromatic nitrogens is 2. The molecule has 0 fully saturated rings. The first kappa shape index (κ1) is 13.6. The first-order chi connectivity index (χ1) is 9.06. The van der Waals surface area contributed by atoms with Gasteiger partial charge in [0.15, 0.2) is 10.9 Å². The summed E-state index contributed by atoms with van der Waals surface area (Å²) in [5.41, 5.74) is 0.793. The zero-order chi connectivity index (χ0) is 13.8. The third kappa shape index (κ3) is 3.57. The van der Waals surface area contributed by atoms with Gasteiger partial charge in [0.2, 0.25) is 0 Å². The van der Waals surface area contributed by atoms with E-state index in [0.717, 1.165) is 29.5 Å². The molecule has 0 aliphatic rings. The fraction of sp³-hybridized carbons (Fsp3) is 0.154. The van der Waals surface area contributed by atoms with Crippen molar-refractivity contribution in [2.45, 2.75) is 12.1 Å². The van der Waals surface area contributed by atoms with Gasteiger partial charge in [-0.1, -0.05) is 11.8 Å². The van der Waals surface area contributed by atoms with Crippen molar-refractivity contribution in [3.05, 3.63) is 53.4 Å². The zero-order valence-corrected chi connectivity index (χ0v) is 10.9. The highest BCUT2D eigenvalue weighted by Crippen LogP contribution is 2.17. The molecular weight excluding hydrogens is 270 g/mol. The van der Waals surface area contributed by atoms with E-state index in [1.807, 2.05) is 6.92 Å². The predicted molar refractivity (Wildman–Crippen MR) is 68.2 cm³/mol. The highest BCUT2D eigenvalue weighted by molar-refractivity contribution is 7.99. The maximum Gasteiger partial charge on any atom is 0.187 e. The van der Waals surface area contributed by atoms with Gasteiger partial charge in [0, 0.05) is 18.5 Å². The number of hydrogen-bond donors (Lipinski definition) is 0. The molecule has 0 bridgehead atoms.